The maximum atomic E-state index is 6.11. The number of benzene rings is 1. The van der Waals surface area contributed by atoms with Crippen LogP contribution in [-0.4, -0.2) is 53.6 Å². The smallest absolute Gasteiger partial charge is 0.224 e. The molecule has 0 N–H and O–H groups in total. The third-order valence-electron chi connectivity index (χ3n) is 5.08. The second kappa shape index (κ2) is 9.51. The van der Waals surface area contributed by atoms with Crippen LogP contribution in [0.3, 0.4) is 0 Å². The van der Waals surface area contributed by atoms with E-state index in [4.69, 9.17) is 21.3 Å². The molecule has 2 aromatic heterocycles. The minimum Gasteiger partial charge on any atom is -0.369 e. The molecule has 1 saturated heterocycles. The third kappa shape index (κ3) is 5.33. The van der Waals surface area contributed by atoms with Gasteiger partial charge >= 0.3 is 0 Å². The Bertz CT molecular complexity index is 979. The Morgan fingerprint density at radius 2 is 1.90 bits per heavy atom. The quantitative estimate of drug-likeness (QED) is 0.601. The molecule has 3 aromatic rings. The number of anilines is 1. The van der Waals surface area contributed by atoms with E-state index in [0.717, 1.165) is 59.5 Å². The van der Waals surface area contributed by atoms with Crippen LogP contribution in [0, 0.1) is 0 Å². The van der Waals surface area contributed by atoms with Crippen molar-refractivity contribution in [2.75, 3.05) is 38.7 Å². The average molecular weight is 424 g/mol. The Labute approximate surface area is 182 Å². The molecular weight excluding hydrogens is 398 g/mol. The van der Waals surface area contributed by atoms with Gasteiger partial charge in [0.15, 0.2) is 0 Å². The molecule has 0 spiro atoms. The number of halogens is 1. The molecule has 1 unspecified atom stereocenters. The average Bonchev–Trinajstić information content (AvgIpc) is 2.75. The van der Waals surface area contributed by atoms with Crippen molar-refractivity contribution in [3.8, 4) is 0 Å². The number of aromatic nitrogens is 3. The lowest BCUT2D eigenvalue weighted by Crippen LogP contribution is -2.38. The van der Waals surface area contributed by atoms with Crippen LogP contribution < -0.4 is 4.90 Å². The van der Waals surface area contributed by atoms with E-state index >= 15 is 0 Å². The zero-order chi connectivity index (χ0) is 20.9. The highest BCUT2D eigenvalue weighted by Gasteiger charge is 2.23. The highest BCUT2D eigenvalue weighted by atomic mass is 35.5. The molecule has 1 aliphatic heterocycles. The minimum atomic E-state index is -0.0416. The van der Waals surface area contributed by atoms with Gasteiger partial charge in [0, 0.05) is 68.8 Å². The SMILES string of the molecule is CN(C)c1ncc(CN2CCOC(c3cccc(Cc4cccc(Cl)c4)n3)C2)cn1. The van der Waals surface area contributed by atoms with E-state index in [0.29, 0.717) is 6.61 Å². The number of nitrogens with zero attached hydrogens (tertiary/aromatic N) is 5. The van der Waals surface area contributed by atoms with Crippen molar-refractivity contribution in [3.63, 3.8) is 0 Å². The highest BCUT2D eigenvalue weighted by Crippen LogP contribution is 2.23. The van der Waals surface area contributed by atoms with Crippen molar-refractivity contribution in [1.29, 1.82) is 0 Å². The summed E-state index contributed by atoms with van der Waals surface area (Å²) >= 11 is 6.11. The fraction of sp³-hybridized carbons (Fsp3) is 0.348. The first kappa shape index (κ1) is 20.7. The summed E-state index contributed by atoms with van der Waals surface area (Å²) < 4.78 is 6.04. The molecule has 0 saturated carbocycles. The summed E-state index contributed by atoms with van der Waals surface area (Å²) in [4.78, 5) is 18.0. The molecule has 156 valence electrons. The Morgan fingerprint density at radius 1 is 1.10 bits per heavy atom. The van der Waals surface area contributed by atoms with E-state index < -0.39 is 0 Å². The van der Waals surface area contributed by atoms with Gasteiger partial charge in [-0.05, 0) is 29.8 Å². The lowest BCUT2D eigenvalue weighted by molar-refractivity contribution is -0.0351. The maximum absolute atomic E-state index is 6.11. The van der Waals surface area contributed by atoms with Crippen LogP contribution in [-0.2, 0) is 17.7 Å². The standard InChI is InChI=1S/C23H26ClN5O/c1-28(2)23-25-13-18(14-26-23)15-29-9-10-30-22(16-29)21-8-4-7-20(27-21)12-17-5-3-6-19(24)11-17/h3-8,11,13-14,22H,9-10,12,15-16H2,1-2H3. The summed E-state index contributed by atoms with van der Waals surface area (Å²) in [5.74, 6) is 0.722. The molecule has 7 heteroatoms. The van der Waals surface area contributed by atoms with Crippen LogP contribution in [0.4, 0.5) is 5.95 Å². The molecule has 0 aliphatic carbocycles. The van der Waals surface area contributed by atoms with Gasteiger partial charge < -0.3 is 9.64 Å². The van der Waals surface area contributed by atoms with Crippen molar-refractivity contribution >= 4 is 17.5 Å². The molecule has 1 fully saturated rings. The minimum absolute atomic E-state index is 0.0416. The fourth-order valence-corrected chi connectivity index (χ4v) is 3.79. The lowest BCUT2D eigenvalue weighted by Gasteiger charge is -2.32. The van der Waals surface area contributed by atoms with Crippen LogP contribution in [0.25, 0.3) is 0 Å². The lowest BCUT2D eigenvalue weighted by atomic mass is 10.1. The summed E-state index contributed by atoms with van der Waals surface area (Å²) in [6, 6.07) is 14.1. The largest absolute Gasteiger partial charge is 0.369 e. The van der Waals surface area contributed by atoms with Gasteiger partial charge in [-0.25, -0.2) is 9.97 Å². The van der Waals surface area contributed by atoms with Gasteiger partial charge in [-0.15, -0.1) is 0 Å². The topological polar surface area (TPSA) is 54.4 Å². The van der Waals surface area contributed by atoms with Crippen molar-refractivity contribution in [3.05, 3.63) is 82.4 Å². The molecule has 0 bridgehead atoms. The Morgan fingerprint density at radius 3 is 2.67 bits per heavy atom. The van der Waals surface area contributed by atoms with Crippen LogP contribution >= 0.6 is 11.6 Å². The van der Waals surface area contributed by atoms with Gasteiger partial charge in [-0.1, -0.05) is 29.8 Å². The molecule has 4 rings (SSSR count). The van der Waals surface area contributed by atoms with E-state index in [1.807, 2.05) is 55.7 Å². The Hall–Kier alpha value is -2.54. The van der Waals surface area contributed by atoms with E-state index in [2.05, 4.69) is 33.1 Å². The molecule has 30 heavy (non-hydrogen) atoms. The summed E-state index contributed by atoms with van der Waals surface area (Å²) in [5, 5.41) is 0.748. The van der Waals surface area contributed by atoms with Crippen molar-refractivity contribution < 1.29 is 4.74 Å². The molecule has 0 radical (unpaired) electrons. The van der Waals surface area contributed by atoms with Gasteiger partial charge in [0.25, 0.3) is 0 Å². The predicted molar refractivity (Wildman–Crippen MR) is 119 cm³/mol. The highest BCUT2D eigenvalue weighted by molar-refractivity contribution is 6.30. The monoisotopic (exact) mass is 423 g/mol. The van der Waals surface area contributed by atoms with E-state index in [1.54, 1.807) is 0 Å². The number of pyridine rings is 1. The van der Waals surface area contributed by atoms with Crippen LogP contribution in [0.15, 0.2) is 54.9 Å². The van der Waals surface area contributed by atoms with Crippen LogP contribution in [0.2, 0.25) is 5.02 Å². The zero-order valence-corrected chi connectivity index (χ0v) is 18.1. The first-order chi connectivity index (χ1) is 14.6. The summed E-state index contributed by atoms with van der Waals surface area (Å²) in [6.45, 7) is 3.16. The molecule has 1 aliphatic rings. The third-order valence-corrected chi connectivity index (χ3v) is 5.32. The number of rotatable bonds is 6. The molecule has 3 heterocycles. The molecule has 1 atom stereocenters. The summed E-state index contributed by atoms with van der Waals surface area (Å²) in [6.07, 6.45) is 4.51. The van der Waals surface area contributed by atoms with E-state index in [9.17, 15) is 0 Å². The summed E-state index contributed by atoms with van der Waals surface area (Å²) in [5.41, 5.74) is 4.24. The predicted octanol–water partition coefficient (Wildman–Crippen LogP) is 3.76. The summed E-state index contributed by atoms with van der Waals surface area (Å²) in [7, 11) is 3.88. The fourth-order valence-electron chi connectivity index (χ4n) is 3.58. The normalized spacial score (nSPS) is 17.1. The number of ether oxygens (including phenoxy) is 1. The Kier molecular flexibility index (Phi) is 6.57. The first-order valence-electron chi connectivity index (χ1n) is 10.1. The zero-order valence-electron chi connectivity index (χ0n) is 17.3. The van der Waals surface area contributed by atoms with Gasteiger partial charge in [-0.2, -0.15) is 0 Å². The van der Waals surface area contributed by atoms with Gasteiger partial charge in [0.1, 0.15) is 6.10 Å². The van der Waals surface area contributed by atoms with E-state index in [-0.39, 0.29) is 6.10 Å². The van der Waals surface area contributed by atoms with Crippen molar-refractivity contribution in [2.24, 2.45) is 0 Å². The number of hydrogen-bond donors (Lipinski definition) is 0. The molecule has 6 nitrogen and oxygen atoms in total. The van der Waals surface area contributed by atoms with Gasteiger partial charge in [-0.3, -0.25) is 9.88 Å². The molecule has 1 aromatic carbocycles. The van der Waals surface area contributed by atoms with Gasteiger partial charge in [0.2, 0.25) is 5.95 Å². The molecular formula is C23H26ClN5O. The number of morpholine rings is 1. The van der Waals surface area contributed by atoms with Crippen molar-refractivity contribution in [1.82, 2.24) is 19.9 Å². The Balaban J connectivity index is 1.41. The second-order valence-corrected chi connectivity index (χ2v) is 8.18. The van der Waals surface area contributed by atoms with Gasteiger partial charge in [0.05, 0.1) is 12.3 Å². The second-order valence-electron chi connectivity index (χ2n) is 7.74. The maximum Gasteiger partial charge on any atom is 0.224 e. The van der Waals surface area contributed by atoms with Crippen LogP contribution in [0.5, 0.6) is 0 Å². The van der Waals surface area contributed by atoms with Crippen molar-refractivity contribution in [2.45, 2.75) is 19.1 Å². The van der Waals surface area contributed by atoms with Crippen LogP contribution in [0.1, 0.15) is 28.6 Å². The first-order valence-corrected chi connectivity index (χ1v) is 10.5. The number of hydrogen-bond acceptors (Lipinski definition) is 6. The van der Waals surface area contributed by atoms with E-state index in [1.165, 1.54) is 0 Å². The molecule has 0 amide bonds.